The third kappa shape index (κ3) is 4.45. The van der Waals surface area contributed by atoms with Crippen LogP contribution in [0.1, 0.15) is 13.3 Å². The number of carbonyl (C=O) groups is 1. The Labute approximate surface area is 98.0 Å². The van der Waals surface area contributed by atoms with Crippen LogP contribution >= 0.6 is 0 Å². The SMILES string of the molecule is CCOC(=O)CCNc1ccc([N+](=O)[O-])cn1. The molecule has 0 unspecified atom stereocenters. The highest BCUT2D eigenvalue weighted by Crippen LogP contribution is 2.11. The van der Waals surface area contributed by atoms with Gasteiger partial charge in [-0.1, -0.05) is 0 Å². The van der Waals surface area contributed by atoms with Gasteiger partial charge in [-0.3, -0.25) is 14.9 Å². The maximum absolute atomic E-state index is 11.0. The van der Waals surface area contributed by atoms with Crippen molar-refractivity contribution in [3.8, 4) is 0 Å². The lowest BCUT2D eigenvalue weighted by atomic mass is 10.4. The largest absolute Gasteiger partial charge is 0.466 e. The summed E-state index contributed by atoms with van der Waals surface area (Å²) in [6, 6.07) is 2.84. The number of aromatic nitrogens is 1. The van der Waals surface area contributed by atoms with Crippen LogP contribution in [0.3, 0.4) is 0 Å². The molecule has 0 spiro atoms. The summed E-state index contributed by atoms with van der Waals surface area (Å²) in [6.07, 6.45) is 1.39. The third-order valence-corrected chi connectivity index (χ3v) is 1.90. The lowest BCUT2D eigenvalue weighted by Crippen LogP contribution is -2.11. The monoisotopic (exact) mass is 239 g/mol. The number of rotatable bonds is 6. The van der Waals surface area contributed by atoms with Crippen molar-refractivity contribution in [2.75, 3.05) is 18.5 Å². The van der Waals surface area contributed by atoms with Crippen molar-refractivity contribution in [1.29, 1.82) is 0 Å². The van der Waals surface area contributed by atoms with Crippen LogP contribution in [-0.4, -0.2) is 29.0 Å². The summed E-state index contributed by atoms with van der Waals surface area (Å²) in [6.45, 7) is 2.47. The standard InChI is InChI=1S/C10H13N3O4/c1-2-17-10(14)5-6-11-9-4-3-8(7-12-9)13(15)16/h3-4,7H,2,5-6H2,1H3,(H,11,12). The minimum atomic E-state index is -0.518. The van der Waals surface area contributed by atoms with Crippen molar-refractivity contribution in [3.05, 3.63) is 28.4 Å². The Morgan fingerprint density at radius 1 is 1.59 bits per heavy atom. The van der Waals surface area contributed by atoms with Crippen molar-refractivity contribution >= 4 is 17.5 Å². The van der Waals surface area contributed by atoms with Gasteiger partial charge in [0.15, 0.2) is 0 Å². The molecule has 0 aromatic carbocycles. The summed E-state index contributed by atoms with van der Waals surface area (Å²) in [5.41, 5.74) is -0.0686. The minimum absolute atomic E-state index is 0.0686. The first-order chi connectivity index (χ1) is 8.13. The third-order valence-electron chi connectivity index (χ3n) is 1.90. The van der Waals surface area contributed by atoms with E-state index in [0.717, 1.165) is 6.20 Å². The Morgan fingerprint density at radius 3 is 2.88 bits per heavy atom. The predicted octanol–water partition coefficient (Wildman–Crippen LogP) is 1.35. The molecule has 17 heavy (non-hydrogen) atoms. The maximum Gasteiger partial charge on any atom is 0.307 e. The fraction of sp³-hybridized carbons (Fsp3) is 0.400. The summed E-state index contributed by atoms with van der Waals surface area (Å²) in [4.78, 5) is 24.7. The van der Waals surface area contributed by atoms with E-state index in [4.69, 9.17) is 4.74 Å². The molecule has 0 bridgehead atoms. The molecule has 0 amide bonds. The van der Waals surface area contributed by atoms with Crippen LogP contribution < -0.4 is 5.32 Å². The van der Waals surface area contributed by atoms with Crippen LogP contribution in [0.4, 0.5) is 11.5 Å². The van der Waals surface area contributed by atoms with E-state index in [1.54, 1.807) is 6.92 Å². The van der Waals surface area contributed by atoms with E-state index in [1.165, 1.54) is 12.1 Å². The van der Waals surface area contributed by atoms with Gasteiger partial charge in [-0.05, 0) is 13.0 Å². The predicted molar refractivity (Wildman–Crippen MR) is 60.6 cm³/mol. The molecule has 1 aromatic rings. The summed E-state index contributed by atoms with van der Waals surface area (Å²) in [5.74, 6) is 0.196. The molecule has 7 nitrogen and oxygen atoms in total. The average molecular weight is 239 g/mol. The number of carbonyl (C=O) groups excluding carboxylic acids is 1. The van der Waals surface area contributed by atoms with Gasteiger partial charge in [0.1, 0.15) is 12.0 Å². The van der Waals surface area contributed by atoms with Crippen LogP contribution in [0.15, 0.2) is 18.3 Å². The van der Waals surface area contributed by atoms with Crippen LogP contribution in [0.2, 0.25) is 0 Å². The number of hydrogen-bond acceptors (Lipinski definition) is 6. The first kappa shape index (κ1) is 12.9. The zero-order valence-electron chi connectivity index (χ0n) is 9.38. The van der Waals surface area contributed by atoms with Gasteiger partial charge in [0.05, 0.1) is 18.0 Å². The lowest BCUT2D eigenvalue weighted by Gasteiger charge is -2.04. The Morgan fingerprint density at radius 2 is 2.35 bits per heavy atom. The van der Waals surface area contributed by atoms with E-state index in [-0.39, 0.29) is 18.1 Å². The van der Waals surface area contributed by atoms with Gasteiger partial charge in [0.25, 0.3) is 5.69 Å². The van der Waals surface area contributed by atoms with Gasteiger partial charge in [0, 0.05) is 12.6 Å². The van der Waals surface area contributed by atoms with E-state index in [1.807, 2.05) is 0 Å². The van der Waals surface area contributed by atoms with Gasteiger partial charge < -0.3 is 10.1 Å². The van der Waals surface area contributed by atoms with E-state index >= 15 is 0 Å². The molecule has 0 saturated heterocycles. The Balaban J connectivity index is 2.37. The average Bonchev–Trinajstić information content (AvgIpc) is 2.30. The normalized spacial score (nSPS) is 9.71. The van der Waals surface area contributed by atoms with Crippen molar-refractivity contribution in [3.63, 3.8) is 0 Å². The van der Waals surface area contributed by atoms with Crippen LogP contribution in [0, 0.1) is 10.1 Å². The lowest BCUT2D eigenvalue weighted by molar-refractivity contribution is -0.385. The molecule has 0 saturated carbocycles. The highest BCUT2D eigenvalue weighted by molar-refractivity contribution is 5.69. The first-order valence-electron chi connectivity index (χ1n) is 5.13. The molecular weight excluding hydrogens is 226 g/mol. The van der Waals surface area contributed by atoms with E-state index in [2.05, 4.69) is 10.3 Å². The summed E-state index contributed by atoms with van der Waals surface area (Å²) < 4.78 is 4.74. The summed E-state index contributed by atoms with van der Waals surface area (Å²) in [7, 11) is 0. The van der Waals surface area contributed by atoms with Crippen LogP contribution in [-0.2, 0) is 9.53 Å². The zero-order valence-corrected chi connectivity index (χ0v) is 9.38. The first-order valence-corrected chi connectivity index (χ1v) is 5.13. The van der Waals surface area contributed by atoms with Gasteiger partial charge in [0.2, 0.25) is 0 Å². The second kappa shape index (κ2) is 6.41. The Hall–Kier alpha value is -2.18. The van der Waals surface area contributed by atoms with E-state index < -0.39 is 4.92 Å². The molecule has 0 aliphatic rings. The van der Waals surface area contributed by atoms with Crippen molar-refractivity contribution in [2.24, 2.45) is 0 Å². The topological polar surface area (TPSA) is 94.4 Å². The number of pyridine rings is 1. The molecular formula is C10H13N3O4. The van der Waals surface area contributed by atoms with Crippen molar-refractivity contribution < 1.29 is 14.5 Å². The molecule has 1 rings (SSSR count). The number of hydrogen-bond donors (Lipinski definition) is 1. The Kier molecular flexibility index (Phi) is 4.86. The second-order valence-corrected chi connectivity index (χ2v) is 3.14. The minimum Gasteiger partial charge on any atom is -0.466 e. The van der Waals surface area contributed by atoms with Crippen molar-refractivity contribution in [1.82, 2.24) is 4.98 Å². The van der Waals surface area contributed by atoms with E-state index in [0.29, 0.717) is 19.0 Å². The van der Waals surface area contributed by atoms with Gasteiger partial charge in [-0.2, -0.15) is 0 Å². The molecule has 0 aliphatic carbocycles. The summed E-state index contributed by atoms with van der Waals surface area (Å²) in [5, 5.41) is 13.2. The molecule has 1 N–H and O–H groups in total. The smallest absolute Gasteiger partial charge is 0.307 e. The Bertz CT molecular complexity index is 391. The highest BCUT2D eigenvalue weighted by atomic mass is 16.6. The number of nitro groups is 1. The molecule has 0 fully saturated rings. The molecule has 0 atom stereocenters. The van der Waals surface area contributed by atoms with E-state index in [9.17, 15) is 14.9 Å². The molecule has 7 heteroatoms. The fourth-order valence-corrected chi connectivity index (χ4v) is 1.12. The number of esters is 1. The summed E-state index contributed by atoms with van der Waals surface area (Å²) >= 11 is 0. The zero-order chi connectivity index (χ0) is 12.7. The fourth-order valence-electron chi connectivity index (χ4n) is 1.12. The molecule has 1 heterocycles. The number of ether oxygens (including phenoxy) is 1. The second-order valence-electron chi connectivity index (χ2n) is 3.14. The molecule has 1 aromatic heterocycles. The van der Waals surface area contributed by atoms with Gasteiger partial charge >= 0.3 is 5.97 Å². The number of anilines is 1. The van der Waals surface area contributed by atoms with Crippen LogP contribution in [0.25, 0.3) is 0 Å². The number of nitrogens with zero attached hydrogens (tertiary/aromatic N) is 2. The quantitative estimate of drug-likeness (QED) is 0.457. The van der Waals surface area contributed by atoms with Crippen LogP contribution in [0.5, 0.6) is 0 Å². The van der Waals surface area contributed by atoms with Gasteiger partial charge in [-0.15, -0.1) is 0 Å². The van der Waals surface area contributed by atoms with Crippen molar-refractivity contribution in [2.45, 2.75) is 13.3 Å². The van der Waals surface area contributed by atoms with Gasteiger partial charge in [-0.25, -0.2) is 4.98 Å². The molecule has 0 radical (unpaired) electrons. The number of nitrogens with one attached hydrogen (secondary N) is 1. The highest BCUT2D eigenvalue weighted by Gasteiger charge is 2.05. The maximum atomic E-state index is 11.0. The molecule has 0 aliphatic heterocycles. The molecule has 92 valence electrons.